The van der Waals surface area contributed by atoms with E-state index in [0.29, 0.717) is 6.54 Å². The highest BCUT2D eigenvalue weighted by Gasteiger charge is 2.31. The molecule has 1 amide bonds. The maximum absolute atomic E-state index is 12.7. The van der Waals surface area contributed by atoms with Gasteiger partial charge in [-0.25, -0.2) is 10.8 Å². The van der Waals surface area contributed by atoms with Gasteiger partial charge in [-0.3, -0.25) is 4.79 Å². The molecular formula is C12H18F3N5O. The molecule has 1 heterocycles. The van der Waals surface area contributed by atoms with Crippen LogP contribution in [0.2, 0.25) is 0 Å². The number of rotatable bonds is 6. The lowest BCUT2D eigenvalue weighted by molar-refractivity contribution is -0.137. The molecule has 5 N–H and O–H groups in total. The van der Waals surface area contributed by atoms with Gasteiger partial charge in [0.25, 0.3) is 0 Å². The van der Waals surface area contributed by atoms with E-state index in [1.807, 2.05) is 13.8 Å². The van der Waals surface area contributed by atoms with Crippen LogP contribution in [0.5, 0.6) is 0 Å². The smallest absolute Gasteiger partial charge is 0.361 e. The lowest BCUT2D eigenvalue weighted by Gasteiger charge is -2.13. The summed E-state index contributed by atoms with van der Waals surface area (Å²) >= 11 is 0. The number of halogens is 3. The van der Waals surface area contributed by atoms with E-state index in [9.17, 15) is 18.0 Å². The molecular weight excluding hydrogens is 287 g/mol. The molecule has 0 unspecified atom stereocenters. The second kappa shape index (κ2) is 7.11. The van der Waals surface area contributed by atoms with Gasteiger partial charge < -0.3 is 16.1 Å². The van der Waals surface area contributed by atoms with Crippen LogP contribution in [0.3, 0.4) is 0 Å². The lowest BCUT2D eigenvalue weighted by Crippen LogP contribution is -2.32. The molecule has 0 aromatic carbocycles. The minimum atomic E-state index is -4.52. The van der Waals surface area contributed by atoms with E-state index in [2.05, 4.69) is 21.0 Å². The molecule has 118 valence electrons. The van der Waals surface area contributed by atoms with Crippen molar-refractivity contribution in [3.63, 3.8) is 0 Å². The molecule has 0 saturated carbocycles. The van der Waals surface area contributed by atoms with Crippen LogP contribution in [0, 0.1) is 5.92 Å². The monoisotopic (exact) mass is 305 g/mol. The highest BCUT2D eigenvalue weighted by molar-refractivity contribution is 5.80. The number of nitrogen functional groups attached to an aromatic ring is 1. The van der Waals surface area contributed by atoms with Crippen LogP contribution in [0.4, 0.5) is 24.8 Å². The first-order valence-corrected chi connectivity index (χ1v) is 6.29. The molecule has 0 aliphatic rings. The normalized spacial score (nSPS) is 11.4. The quantitative estimate of drug-likeness (QED) is 0.473. The fourth-order valence-electron chi connectivity index (χ4n) is 1.41. The van der Waals surface area contributed by atoms with Gasteiger partial charge in [0.1, 0.15) is 11.6 Å². The van der Waals surface area contributed by atoms with Crippen LogP contribution < -0.4 is 21.9 Å². The molecule has 1 rings (SSSR count). The number of amides is 1. The van der Waals surface area contributed by atoms with Gasteiger partial charge in [0.15, 0.2) is 0 Å². The number of nitrogens with zero attached hydrogens (tertiary/aromatic N) is 1. The van der Waals surface area contributed by atoms with Crippen molar-refractivity contribution in [3.05, 3.63) is 17.7 Å². The molecule has 0 saturated heterocycles. The number of carbonyl (C=O) groups is 1. The number of hydrazine groups is 1. The summed E-state index contributed by atoms with van der Waals surface area (Å²) in [7, 11) is 0. The number of nitrogens with one attached hydrogen (secondary N) is 3. The van der Waals surface area contributed by atoms with Crippen LogP contribution in [0.1, 0.15) is 19.4 Å². The number of aromatic nitrogens is 1. The van der Waals surface area contributed by atoms with Gasteiger partial charge in [-0.15, -0.1) is 0 Å². The van der Waals surface area contributed by atoms with Crippen molar-refractivity contribution in [2.75, 3.05) is 23.8 Å². The average Bonchev–Trinajstić information content (AvgIpc) is 2.41. The maximum Gasteiger partial charge on any atom is 0.416 e. The second-order valence-electron chi connectivity index (χ2n) is 4.82. The van der Waals surface area contributed by atoms with Crippen molar-refractivity contribution in [1.82, 2.24) is 10.3 Å². The van der Waals surface area contributed by atoms with E-state index < -0.39 is 11.7 Å². The number of alkyl halides is 3. The third-order valence-corrected chi connectivity index (χ3v) is 2.44. The molecule has 0 radical (unpaired) electrons. The first-order valence-electron chi connectivity index (χ1n) is 6.29. The molecule has 1 aromatic rings. The second-order valence-corrected chi connectivity index (χ2v) is 4.82. The van der Waals surface area contributed by atoms with Gasteiger partial charge in [0, 0.05) is 6.54 Å². The van der Waals surface area contributed by atoms with Crippen molar-refractivity contribution in [1.29, 1.82) is 0 Å². The Bertz CT molecular complexity index is 490. The van der Waals surface area contributed by atoms with Crippen LogP contribution >= 0.6 is 0 Å². The fraction of sp³-hybridized carbons (Fsp3) is 0.500. The number of pyridine rings is 1. The zero-order valence-corrected chi connectivity index (χ0v) is 11.7. The number of hydrogen-bond acceptors (Lipinski definition) is 5. The Morgan fingerprint density at radius 2 is 1.95 bits per heavy atom. The third-order valence-electron chi connectivity index (χ3n) is 2.44. The Kier molecular flexibility index (Phi) is 5.77. The number of hydrogen-bond donors (Lipinski definition) is 4. The highest BCUT2D eigenvalue weighted by atomic mass is 19.4. The number of carbonyl (C=O) groups excluding carboxylic acids is 1. The van der Waals surface area contributed by atoms with Gasteiger partial charge in [-0.05, 0) is 18.1 Å². The van der Waals surface area contributed by atoms with Gasteiger partial charge >= 0.3 is 6.18 Å². The number of anilines is 2. The van der Waals surface area contributed by atoms with Gasteiger partial charge in [0.05, 0.1) is 12.1 Å². The van der Waals surface area contributed by atoms with Crippen molar-refractivity contribution < 1.29 is 18.0 Å². The third kappa shape index (κ3) is 5.86. The van der Waals surface area contributed by atoms with E-state index in [1.165, 1.54) is 0 Å². The van der Waals surface area contributed by atoms with Crippen LogP contribution in [0.15, 0.2) is 12.1 Å². The summed E-state index contributed by atoms with van der Waals surface area (Å²) in [5, 5.41) is 5.17. The standard InChI is InChI=1S/C12H18F3N5O/c1-7(2)5-18-11(21)6-17-9-3-8(12(13,14)15)4-10(19-9)20-16/h3-4,7H,5-6,16H2,1-2H3,(H,18,21)(H2,17,19,20). The summed E-state index contributed by atoms with van der Waals surface area (Å²) in [6.07, 6.45) is -4.52. The summed E-state index contributed by atoms with van der Waals surface area (Å²) in [5.41, 5.74) is 1.15. The SMILES string of the molecule is CC(C)CNC(=O)CNc1cc(C(F)(F)F)cc(NN)n1. The van der Waals surface area contributed by atoms with Crippen LogP contribution in [-0.2, 0) is 11.0 Å². The largest absolute Gasteiger partial charge is 0.416 e. The molecule has 0 atom stereocenters. The maximum atomic E-state index is 12.7. The van der Waals surface area contributed by atoms with Crippen LogP contribution in [-0.4, -0.2) is 24.0 Å². The fourth-order valence-corrected chi connectivity index (χ4v) is 1.41. The zero-order chi connectivity index (χ0) is 16.0. The number of nitrogens with two attached hydrogens (primary N) is 1. The summed E-state index contributed by atoms with van der Waals surface area (Å²) in [6, 6.07) is 1.60. The molecule has 9 heteroatoms. The topological polar surface area (TPSA) is 92.1 Å². The first kappa shape index (κ1) is 17.0. The molecule has 21 heavy (non-hydrogen) atoms. The Morgan fingerprint density at radius 1 is 1.33 bits per heavy atom. The van der Waals surface area contributed by atoms with E-state index in [1.54, 1.807) is 0 Å². The van der Waals surface area contributed by atoms with E-state index >= 15 is 0 Å². The molecule has 0 spiro atoms. The predicted octanol–water partition coefficient (Wildman–Crippen LogP) is 1.57. The molecule has 1 aromatic heterocycles. The molecule has 0 fully saturated rings. The minimum absolute atomic E-state index is 0.0857. The Balaban J connectivity index is 2.72. The van der Waals surface area contributed by atoms with Gasteiger partial charge in [-0.2, -0.15) is 13.2 Å². The van der Waals surface area contributed by atoms with Crippen molar-refractivity contribution in [3.8, 4) is 0 Å². The lowest BCUT2D eigenvalue weighted by atomic mass is 10.2. The van der Waals surface area contributed by atoms with E-state index in [4.69, 9.17) is 5.84 Å². The Labute approximate surface area is 120 Å². The molecule has 0 aliphatic carbocycles. The highest BCUT2D eigenvalue weighted by Crippen LogP contribution is 2.31. The Morgan fingerprint density at radius 3 is 2.48 bits per heavy atom. The van der Waals surface area contributed by atoms with E-state index in [0.717, 1.165) is 12.1 Å². The van der Waals surface area contributed by atoms with Gasteiger partial charge in [-0.1, -0.05) is 13.8 Å². The molecule has 6 nitrogen and oxygen atoms in total. The summed E-state index contributed by atoms with van der Waals surface area (Å²) in [6.45, 7) is 4.18. The molecule has 0 bridgehead atoms. The van der Waals surface area contributed by atoms with Crippen molar-refractivity contribution in [2.24, 2.45) is 11.8 Å². The minimum Gasteiger partial charge on any atom is -0.361 e. The average molecular weight is 305 g/mol. The molecule has 0 aliphatic heterocycles. The zero-order valence-electron chi connectivity index (χ0n) is 11.7. The van der Waals surface area contributed by atoms with Gasteiger partial charge in [0.2, 0.25) is 5.91 Å². The summed E-state index contributed by atoms with van der Waals surface area (Å²) in [4.78, 5) is 15.3. The van der Waals surface area contributed by atoms with Crippen LogP contribution in [0.25, 0.3) is 0 Å². The van der Waals surface area contributed by atoms with Crippen molar-refractivity contribution >= 4 is 17.5 Å². The predicted molar refractivity (Wildman–Crippen MR) is 73.4 cm³/mol. The Hall–Kier alpha value is -2.03. The summed E-state index contributed by atoms with van der Waals surface area (Å²) in [5.74, 6) is 4.81. The van der Waals surface area contributed by atoms with Crippen molar-refractivity contribution in [2.45, 2.75) is 20.0 Å². The van der Waals surface area contributed by atoms with E-state index in [-0.39, 0.29) is 30.0 Å². The summed E-state index contributed by atoms with van der Waals surface area (Å²) < 4.78 is 38.1. The first-order chi connectivity index (χ1) is 9.72.